The zero-order valence-electron chi connectivity index (χ0n) is 10.5. The number of rotatable bonds is 5. The van der Waals surface area contributed by atoms with Crippen LogP contribution in [0.15, 0.2) is 0 Å². The third kappa shape index (κ3) is 2.08. The van der Waals surface area contributed by atoms with Crippen LogP contribution in [0.4, 0.5) is 0 Å². The molecule has 98 valence electrons. The van der Waals surface area contributed by atoms with Gasteiger partial charge in [-0.25, -0.2) is 4.98 Å². The predicted molar refractivity (Wildman–Crippen MR) is 69.5 cm³/mol. The summed E-state index contributed by atoms with van der Waals surface area (Å²) in [5, 5.41) is 4.39. The number of carbonyl (C=O) groups is 1. The van der Waals surface area contributed by atoms with Gasteiger partial charge in [0.25, 0.3) is 0 Å². The number of aromatic nitrogens is 4. The van der Waals surface area contributed by atoms with Crippen LogP contribution in [-0.4, -0.2) is 31.1 Å². The van der Waals surface area contributed by atoms with E-state index in [0.29, 0.717) is 12.3 Å². The molecule has 0 atom stereocenters. The molecule has 18 heavy (non-hydrogen) atoms. The highest BCUT2D eigenvalue weighted by Gasteiger charge is 2.18. The highest BCUT2D eigenvalue weighted by molar-refractivity contribution is 6.17. The Morgan fingerprint density at radius 2 is 2.22 bits per heavy atom. The summed E-state index contributed by atoms with van der Waals surface area (Å²) in [4.78, 5) is 15.7. The molecule has 6 nitrogen and oxygen atoms in total. The van der Waals surface area contributed by atoms with Crippen molar-refractivity contribution >= 4 is 28.7 Å². The number of hydrogen-bond donors (Lipinski definition) is 1. The topological polar surface area (TPSA) is 78.7 Å². The van der Waals surface area contributed by atoms with Gasteiger partial charge in [0.15, 0.2) is 5.65 Å². The van der Waals surface area contributed by atoms with Crippen molar-refractivity contribution in [3.05, 3.63) is 11.5 Å². The highest BCUT2D eigenvalue weighted by Crippen LogP contribution is 2.20. The number of halogens is 1. The molecule has 1 amide bonds. The lowest BCUT2D eigenvalue weighted by Gasteiger charge is -2.06. The number of alkyl halides is 1. The SMILES string of the molecule is CCc1nn(C)c2c1nc(CCCl)n2CC(N)=O. The highest BCUT2D eigenvalue weighted by atomic mass is 35.5. The monoisotopic (exact) mass is 269 g/mol. The first kappa shape index (κ1) is 12.9. The van der Waals surface area contributed by atoms with Gasteiger partial charge in [0.05, 0.1) is 5.69 Å². The van der Waals surface area contributed by atoms with Gasteiger partial charge in [-0.05, 0) is 6.42 Å². The number of primary amides is 1. The quantitative estimate of drug-likeness (QED) is 0.808. The molecule has 2 rings (SSSR count). The number of carbonyl (C=O) groups excluding carboxylic acids is 1. The minimum atomic E-state index is -0.399. The van der Waals surface area contributed by atoms with E-state index < -0.39 is 5.91 Å². The molecular formula is C11H16ClN5O. The number of amides is 1. The van der Waals surface area contributed by atoms with Crippen molar-refractivity contribution in [1.82, 2.24) is 19.3 Å². The number of nitrogens with zero attached hydrogens (tertiary/aromatic N) is 4. The molecule has 0 fully saturated rings. The van der Waals surface area contributed by atoms with Gasteiger partial charge < -0.3 is 10.3 Å². The molecular weight excluding hydrogens is 254 g/mol. The van der Waals surface area contributed by atoms with E-state index in [4.69, 9.17) is 17.3 Å². The largest absolute Gasteiger partial charge is 0.368 e. The molecule has 7 heteroatoms. The average molecular weight is 270 g/mol. The van der Waals surface area contributed by atoms with Crippen molar-refractivity contribution in [2.45, 2.75) is 26.3 Å². The van der Waals surface area contributed by atoms with Crippen LogP contribution in [-0.2, 0) is 31.2 Å². The van der Waals surface area contributed by atoms with Gasteiger partial charge in [0.2, 0.25) is 5.91 Å². The summed E-state index contributed by atoms with van der Waals surface area (Å²) in [5.74, 6) is 0.836. The summed E-state index contributed by atoms with van der Waals surface area (Å²) in [6.07, 6.45) is 1.40. The molecule has 0 aliphatic carbocycles. The second-order valence-corrected chi connectivity index (χ2v) is 4.49. The Labute approximate surface area is 110 Å². The fourth-order valence-electron chi connectivity index (χ4n) is 2.12. The van der Waals surface area contributed by atoms with E-state index in [0.717, 1.165) is 29.1 Å². The standard InChI is InChI=1S/C11H16ClN5O/c1-3-7-10-11(16(2)15-7)17(6-8(13)18)9(14-10)4-5-12/h3-6H2,1-2H3,(H2,13,18). The number of aryl methyl sites for hydroxylation is 3. The van der Waals surface area contributed by atoms with E-state index in [1.807, 2.05) is 14.0 Å². The first-order valence-corrected chi connectivity index (χ1v) is 6.37. The van der Waals surface area contributed by atoms with E-state index in [9.17, 15) is 4.79 Å². The van der Waals surface area contributed by atoms with Gasteiger partial charge in [-0.3, -0.25) is 9.48 Å². The molecule has 0 aliphatic rings. The van der Waals surface area contributed by atoms with Gasteiger partial charge in [0.1, 0.15) is 17.9 Å². The number of imidazole rings is 1. The summed E-state index contributed by atoms with van der Waals surface area (Å²) in [7, 11) is 1.84. The van der Waals surface area contributed by atoms with Crippen LogP contribution in [0.1, 0.15) is 18.4 Å². The minimum Gasteiger partial charge on any atom is -0.368 e. The van der Waals surface area contributed by atoms with Gasteiger partial charge in [-0.1, -0.05) is 6.92 Å². The number of fused-ring (bicyclic) bond motifs is 1. The maximum absolute atomic E-state index is 11.2. The predicted octanol–water partition coefficient (Wildman–Crippen LogP) is 0.599. The van der Waals surface area contributed by atoms with E-state index in [2.05, 4.69) is 10.1 Å². The molecule has 2 aromatic heterocycles. The fourth-order valence-corrected chi connectivity index (χ4v) is 2.29. The normalized spacial score (nSPS) is 11.3. The Kier molecular flexibility index (Phi) is 3.56. The second kappa shape index (κ2) is 4.97. The summed E-state index contributed by atoms with van der Waals surface area (Å²) in [6, 6.07) is 0. The van der Waals surface area contributed by atoms with E-state index >= 15 is 0 Å². The minimum absolute atomic E-state index is 0.103. The smallest absolute Gasteiger partial charge is 0.237 e. The van der Waals surface area contributed by atoms with E-state index in [1.54, 1.807) is 9.25 Å². The summed E-state index contributed by atoms with van der Waals surface area (Å²) < 4.78 is 3.54. The van der Waals surface area contributed by atoms with Crippen LogP contribution in [0.25, 0.3) is 11.2 Å². The Bertz CT molecular complexity index is 586. The lowest BCUT2D eigenvalue weighted by Crippen LogP contribution is -2.21. The third-order valence-electron chi connectivity index (χ3n) is 2.84. The van der Waals surface area contributed by atoms with Crippen molar-refractivity contribution in [2.24, 2.45) is 12.8 Å². The second-order valence-electron chi connectivity index (χ2n) is 4.12. The van der Waals surface area contributed by atoms with Crippen LogP contribution in [0, 0.1) is 0 Å². The first-order chi connectivity index (χ1) is 8.58. The third-order valence-corrected chi connectivity index (χ3v) is 3.03. The molecule has 0 spiro atoms. The summed E-state index contributed by atoms with van der Waals surface area (Å²) >= 11 is 5.76. The molecule has 2 N–H and O–H groups in total. The first-order valence-electron chi connectivity index (χ1n) is 5.83. The zero-order valence-corrected chi connectivity index (χ0v) is 11.2. The zero-order chi connectivity index (χ0) is 13.3. The molecule has 0 radical (unpaired) electrons. The lowest BCUT2D eigenvalue weighted by atomic mass is 10.3. The van der Waals surface area contributed by atoms with Gasteiger partial charge in [-0.2, -0.15) is 5.10 Å². The Balaban J connectivity index is 2.64. The van der Waals surface area contributed by atoms with Crippen molar-refractivity contribution in [2.75, 3.05) is 5.88 Å². The van der Waals surface area contributed by atoms with Crippen molar-refractivity contribution in [3.63, 3.8) is 0 Å². The van der Waals surface area contributed by atoms with Crippen molar-refractivity contribution < 1.29 is 4.79 Å². The molecule has 0 aromatic carbocycles. The average Bonchev–Trinajstić information content (AvgIpc) is 2.79. The molecule has 0 saturated carbocycles. The van der Waals surface area contributed by atoms with Crippen LogP contribution in [0.5, 0.6) is 0 Å². The number of nitrogens with two attached hydrogens (primary N) is 1. The van der Waals surface area contributed by atoms with Crippen LogP contribution in [0.3, 0.4) is 0 Å². The fraction of sp³-hybridized carbons (Fsp3) is 0.545. The Hall–Kier alpha value is -1.56. The Morgan fingerprint density at radius 1 is 1.50 bits per heavy atom. The molecule has 0 aliphatic heterocycles. The molecule has 0 bridgehead atoms. The van der Waals surface area contributed by atoms with Crippen LogP contribution < -0.4 is 5.73 Å². The molecule has 2 heterocycles. The molecule has 0 saturated heterocycles. The van der Waals surface area contributed by atoms with Crippen molar-refractivity contribution in [3.8, 4) is 0 Å². The van der Waals surface area contributed by atoms with Crippen LogP contribution in [0.2, 0.25) is 0 Å². The molecule has 2 aromatic rings. The lowest BCUT2D eigenvalue weighted by molar-refractivity contribution is -0.118. The van der Waals surface area contributed by atoms with Gasteiger partial charge in [-0.15, -0.1) is 11.6 Å². The maximum Gasteiger partial charge on any atom is 0.237 e. The Morgan fingerprint density at radius 3 is 2.78 bits per heavy atom. The maximum atomic E-state index is 11.2. The van der Waals surface area contributed by atoms with E-state index in [-0.39, 0.29) is 6.54 Å². The summed E-state index contributed by atoms with van der Waals surface area (Å²) in [6.45, 7) is 2.13. The van der Waals surface area contributed by atoms with Gasteiger partial charge >= 0.3 is 0 Å². The molecule has 0 unspecified atom stereocenters. The number of hydrogen-bond acceptors (Lipinski definition) is 3. The van der Waals surface area contributed by atoms with Crippen molar-refractivity contribution in [1.29, 1.82) is 0 Å². The summed E-state index contributed by atoms with van der Waals surface area (Å²) in [5.41, 5.74) is 7.86. The van der Waals surface area contributed by atoms with Crippen LogP contribution >= 0.6 is 11.6 Å². The van der Waals surface area contributed by atoms with Gasteiger partial charge in [0, 0.05) is 19.3 Å². The van der Waals surface area contributed by atoms with E-state index in [1.165, 1.54) is 0 Å².